The van der Waals surface area contributed by atoms with Crippen LogP contribution in [0.3, 0.4) is 0 Å². The van der Waals surface area contributed by atoms with Crippen LogP contribution in [0.1, 0.15) is 9.67 Å². The normalized spacial score (nSPS) is 11.1. The Balaban J connectivity index is 1.80. The maximum Gasteiger partial charge on any atom is 0.345 e. The molecular formula is C18H13Cl2N5O3S. The molecule has 4 rings (SSSR count). The van der Waals surface area contributed by atoms with Gasteiger partial charge in [0.25, 0.3) is 0 Å². The third kappa shape index (κ3) is 3.98. The van der Waals surface area contributed by atoms with Gasteiger partial charge in [-0.25, -0.2) is 14.8 Å². The van der Waals surface area contributed by atoms with E-state index in [0.717, 1.165) is 11.3 Å². The molecule has 3 N–H and O–H groups in total. The molecule has 1 aromatic carbocycles. The summed E-state index contributed by atoms with van der Waals surface area (Å²) in [6.07, 6.45) is 3.50. The van der Waals surface area contributed by atoms with Gasteiger partial charge in [0.2, 0.25) is 5.95 Å². The fraction of sp³-hybridized carbons (Fsp3) is 0.111. The number of benzene rings is 1. The summed E-state index contributed by atoms with van der Waals surface area (Å²) in [6.45, 7) is 0.818. The molecule has 0 unspecified atom stereocenters. The van der Waals surface area contributed by atoms with Crippen LogP contribution in [-0.2, 0) is 6.54 Å². The SMILES string of the molecule is Nc1nc(-c2c(Cl)cc(Cl)cc2OCCn2cccn2)c2cc(C(=O)O)sc2n1. The van der Waals surface area contributed by atoms with Crippen molar-refractivity contribution in [1.82, 2.24) is 19.7 Å². The molecule has 0 aliphatic carbocycles. The number of nitrogens with two attached hydrogens (primary N) is 1. The van der Waals surface area contributed by atoms with E-state index >= 15 is 0 Å². The van der Waals surface area contributed by atoms with Crippen molar-refractivity contribution in [2.75, 3.05) is 12.3 Å². The summed E-state index contributed by atoms with van der Waals surface area (Å²) in [7, 11) is 0. The third-order valence-corrected chi connectivity index (χ3v) is 5.55. The van der Waals surface area contributed by atoms with E-state index in [1.165, 1.54) is 6.07 Å². The number of halogens is 2. The Bertz CT molecular complexity index is 1210. The zero-order valence-corrected chi connectivity index (χ0v) is 17.0. The number of nitrogens with zero attached hydrogens (tertiary/aromatic N) is 4. The van der Waals surface area contributed by atoms with E-state index in [-0.39, 0.29) is 10.8 Å². The van der Waals surface area contributed by atoms with Gasteiger partial charge < -0.3 is 15.6 Å². The number of fused-ring (bicyclic) bond motifs is 1. The van der Waals surface area contributed by atoms with E-state index in [1.807, 2.05) is 12.3 Å². The minimum atomic E-state index is -1.06. The Morgan fingerprint density at radius 2 is 2.10 bits per heavy atom. The van der Waals surface area contributed by atoms with E-state index in [4.69, 9.17) is 33.7 Å². The van der Waals surface area contributed by atoms with E-state index in [1.54, 1.807) is 23.0 Å². The molecule has 29 heavy (non-hydrogen) atoms. The number of nitrogen functional groups attached to an aromatic ring is 1. The summed E-state index contributed by atoms with van der Waals surface area (Å²) in [5.41, 5.74) is 6.70. The van der Waals surface area contributed by atoms with Crippen LogP contribution in [-0.4, -0.2) is 37.4 Å². The van der Waals surface area contributed by atoms with Crippen molar-refractivity contribution in [3.63, 3.8) is 0 Å². The largest absolute Gasteiger partial charge is 0.491 e. The summed E-state index contributed by atoms with van der Waals surface area (Å²) in [6, 6.07) is 6.50. The highest BCUT2D eigenvalue weighted by Gasteiger charge is 2.21. The average Bonchev–Trinajstić information content (AvgIpc) is 3.30. The lowest BCUT2D eigenvalue weighted by Gasteiger charge is -2.14. The molecule has 0 spiro atoms. The van der Waals surface area contributed by atoms with Crippen molar-refractivity contribution in [1.29, 1.82) is 0 Å². The predicted molar refractivity (Wildman–Crippen MR) is 112 cm³/mol. The smallest absolute Gasteiger partial charge is 0.345 e. The lowest BCUT2D eigenvalue weighted by atomic mass is 10.1. The lowest BCUT2D eigenvalue weighted by Crippen LogP contribution is -2.09. The van der Waals surface area contributed by atoms with Gasteiger partial charge in [-0.2, -0.15) is 5.10 Å². The average molecular weight is 450 g/mol. The number of hydrogen-bond donors (Lipinski definition) is 2. The standard InChI is InChI=1S/C18H13Cl2N5O3S/c19-9-6-11(20)14(12(7-9)28-5-4-25-3-1-2-22-25)15-10-8-13(17(26)27)29-16(10)24-18(21)23-15/h1-3,6-8H,4-5H2,(H,26,27)(H2,21,23,24). The van der Waals surface area contributed by atoms with Gasteiger partial charge in [-0.1, -0.05) is 23.2 Å². The quantitative estimate of drug-likeness (QED) is 0.452. The molecule has 0 aliphatic heterocycles. The molecule has 3 aromatic heterocycles. The zero-order chi connectivity index (χ0) is 20.5. The first-order chi connectivity index (χ1) is 13.9. The summed E-state index contributed by atoms with van der Waals surface area (Å²) in [5.74, 6) is -0.660. The van der Waals surface area contributed by atoms with Crippen LogP contribution >= 0.6 is 34.5 Å². The Labute approximate surface area is 178 Å². The molecular weight excluding hydrogens is 437 g/mol. The molecule has 0 fully saturated rings. The topological polar surface area (TPSA) is 116 Å². The van der Waals surface area contributed by atoms with E-state index < -0.39 is 5.97 Å². The fourth-order valence-corrected chi connectivity index (χ4v) is 4.25. The van der Waals surface area contributed by atoms with Crippen LogP contribution in [0.25, 0.3) is 21.5 Å². The van der Waals surface area contributed by atoms with Gasteiger partial charge in [-0.3, -0.25) is 4.68 Å². The second-order valence-corrected chi connectivity index (χ2v) is 7.82. The number of aromatic carboxylic acids is 1. The van der Waals surface area contributed by atoms with Crippen molar-refractivity contribution in [3.8, 4) is 17.0 Å². The van der Waals surface area contributed by atoms with Crippen molar-refractivity contribution in [2.45, 2.75) is 6.54 Å². The molecule has 0 aliphatic rings. The van der Waals surface area contributed by atoms with Crippen molar-refractivity contribution in [2.24, 2.45) is 0 Å². The third-order valence-electron chi connectivity index (χ3n) is 4.01. The van der Waals surface area contributed by atoms with Crippen LogP contribution in [0.5, 0.6) is 5.75 Å². The van der Waals surface area contributed by atoms with E-state index in [2.05, 4.69) is 15.1 Å². The second kappa shape index (κ2) is 7.86. The highest BCUT2D eigenvalue weighted by Crippen LogP contribution is 2.42. The van der Waals surface area contributed by atoms with Crippen LogP contribution < -0.4 is 10.5 Å². The number of carbonyl (C=O) groups is 1. The molecule has 3 heterocycles. The van der Waals surface area contributed by atoms with Gasteiger partial charge in [-0.05, 0) is 24.3 Å². The molecule has 148 valence electrons. The Hall–Kier alpha value is -2.88. The number of carboxylic acid groups (broad SMARTS) is 1. The molecule has 0 radical (unpaired) electrons. The highest BCUT2D eigenvalue weighted by molar-refractivity contribution is 7.20. The van der Waals surface area contributed by atoms with Gasteiger partial charge in [0.05, 0.1) is 22.8 Å². The van der Waals surface area contributed by atoms with Gasteiger partial charge in [-0.15, -0.1) is 11.3 Å². The van der Waals surface area contributed by atoms with Crippen molar-refractivity contribution >= 4 is 56.7 Å². The molecule has 0 bridgehead atoms. The lowest BCUT2D eigenvalue weighted by molar-refractivity contribution is 0.0702. The van der Waals surface area contributed by atoms with Gasteiger partial charge in [0, 0.05) is 22.8 Å². The number of rotatable bonds is 6. The molecule has 8 nitrogen and oxygen atoms in total. The zero-order valence-electron chi connectivity index (χ0n) is 14.7. The minimum absolute atomic E-state index is 0.000188. The first-order valence-corrected chi connectivity index (χ1v) is 9.89. The Kier molecular flexibility index (Phi) is 5.27. The summed E-state index contributed by atoms with van der Waals surface area (Å²) >= 11 is 13.6. The first-order valence-electron chi connectivity index (χ1n) is 8.32. The van der Waals surface area contributed by atoms with Crippen LogP contribution in [0, 0.1) is 0 Å². The van der Waals surface area contributed by atoms with Crippen LogP contribution in [0.2, 0.25) is 10.0 Å². The van der Waals surface area contributed by atoms with Gasteiger partial charge in [0.15, 0.2) is 0 Å². The van der Waals surface area contributed by atoms with Gasteiger partial charge in [0.1, 0.15) is 22.1 Å². The fourth-order valence-electron chi connectivity index (χ4n) is 2.81. The van der Waals surface area contributed by atoms with Crippen LogP contribution in [0.4, 0.5) is 5.95 Å². The number of hydrogen-bond acceptors (Lipinski definition) is 7. The van der Waals surface area contributed by atoms with E-state index in [0.29, 0.717) is 50.4 Å². The second-order valence-electron chi connectivity index (χ2n) is 5.94. The molecule has 0 saturated carbocycles. The number of anilines is 1. The molecule has 11 heteroatoms. The molecule has 4 aromatic rings. The minimum Gasteiger partial charge on any atom is -0.491 e. The maximum absolute atomic E-state index is 11.4. The van der Waals surface area contributed by atoms with E-state index in [9.17, 15) is 9.90 Å². The van der Waals surface area contributed by atoms with Crippen molar-refractivity contribution < 1.29 is 14.6 Å². The van der Waals surface area contributed by atoms with Gasteiger partial charge >= 0.3 is 5.97 Å². The van der Waals surface area contributed by atoms with Crippen molar-refractivity contribution in [3.05, 3.63) is 51.6 Å². The summed E-state index contributed by atoms with van der Waals surface area (Å²) < 4.78 is 7.65. The monoisotopic (exact) mass is 449 g/mol. The molecule has 0 amide bonds. The number of thiophene rings is 1. The number of ether oxygens (including phenoxy) is 1. The Morgan fingerprint density at radius 3 is 2.83 bits per heavy atom. The molecule has 0 saturated heterocycles. The summed E-state index contributed by atoms with van der Waals surface area (Å²) in [5, 5.41) is 14.7. The predicted octanol–water partition coefficient (Wildman–Crippen LogP) is 4.22. The molecule has 0 atom stereocenters. The highest BCUT2D eigenvalue weighted by atomic mass is 35.5. The maximum atomic E-state index is 11.4. The number of carboxylic acids is 1. The van der Waals surface area contributed by atoms with Crippen LogP contribution in [0.15, 0.2) is 36.7 Å². The Morgan fingerprint density at radius 1 is 1.28 bits per heavy atom. The summed E-state index contributed by atoms with van der Waals surface area (Å²) in [4.78, 5) is 20.4. The number of aromatic nitrogens is 4. The first kappa shape index (κ1) is 19.4.